The fraction of sp³-hybridized carbons (Fsp3) is 0.533. The molecule has 18 heavy (non-hydrogen) atoms. The van der Waals surface area contributed by atoms with Gasteiger partial charge in [0.25, 0.3) is 0 Å². The molecule has 0 unspecified atom stereocenters. The lowest BCUT2D eigenvalue weighted by molar-refractivity contribution is -0.124. The van der Waals surface area contributed by atoms with E-state index in [4.69, 9.17) is 9.47 Å². The van der Waals surface area contributed by atoms with Crippen LogP contribution in [-0.4, -0.2) is 18.5 Å². The zero-order valence-corrected chi connectivity index (χ0v) is 10.7. The number of hydrogen-bond acceptors (Lipinski definition) is 3. The third-order valence-corrected chi connectivity index (χ3v) is 4.50. The van der Waals surface area contributed by atoms with Crippen LogP contribution in [0.15, 0.2) is 12.1 Å². The summed E-state index contributed by atoms with van der Waals surface area (Å²) in [4.78, 5) is 12.3. The standard InChI is InChI=1S/C15H16O3/c1-8-5-9(2)13-11(6-8)15-12(16)7-10(3-4-17-13)14(15)18-15/h5-6,10,14H,3-4,7H2,1-2H3/t10-,14+,15-/m0/s1. The van der Waals surface area contributed by atoms with Crippen molar-refractivity contribution >= 4 is 5.78 Å². The predicted molar refractivity (Wildman–Crippen MR) is 65.7 cm³/mol. The van der Waals surface area contributed by atoms with Gasteiger partial charge in [-0.15, -0.1) is 0 Å². The third-order valence-electron chi connectivity index (χ3n) is 4.50. The second kappa shape index (κ2) is 3.15. The van der Waals surface area contributed by atoms with E-state index in [9.17, 15) is 4.79 Å². The molecule has 4 rings (SSSR count). The maximum atomic E-state index is 12.3. The zero-order valence-electron chi connectivity index (χ0n) is 10.7. The van der Waals surface area contributed by atoms with Crippen molar-refractivity contribution in [1.82, 2.24) is 0 Å². The van der Waals surface area contributed by atoms with Gasteiger partial charge in [-0.1, -0.05) is 11.6 Å². The lowest BCUT2D eigenvalue weighted by Gasteiger charge is -2.19. The van der Waals surface area contributed by atoms with E-state index in [0.29, 0.717) is 18.9 Å². The van der Waals surface area contributed by atoms with Gasteiger partial charge in [0.15, 0.2) is 11.4 Å². The van der Waals surface area contributed by atoms with E-state index in [1.165, 1.54) is 0 Å². The van der Waals surface area contributed by atoms with Gasteiger partial charge in [0.2, 0.25) is 0 Å². The minimum atomic E-state index is -0.656. The maximum absolute atomic E-state index is 12.3. The molecule has 1 saturated carbocycles. The van der Waals surface area contributed by atoms with Crippen LogP contribution in [0.1, 0.15) is 29.5 Å². The Balaban J connectivity index is 1.97. The number of carbonyl (C=O) groups excluding carboxylic acids is 1. The van der Waals surface area contributed by atoms with Gasteiger partial charge in [-0.25, -0.2) is 0 Å². The van der Waals surface area contributed by atoms with E-state index in [-0.39, 0.29) is 11.9 Å². The zero-order chi connectivity index (χ0) is 12.5. The number of hydrogen-bond donors (Lipinski definition) is 0. The second-order valence-electron chi connectivity index (χ2n) is 5.76. The number of carbonyl (C=O) groups is 1. The van der Waals surface area contributed by atoms with Crippen LogP contribution in [-0.2, 0) is 15.1 Å². The average Bonchev–Trinajstić information content (AvgIpc) is 2.97. The van der Waals surface area contributed by atoms with E-state index in [0.717, 1.165) is 28.9 Å². The highest BCUT2D eigenvalue weighted by molar-refractivity contribution is 5.96. The van der Waals surface area contributed by atoms with Crippen LogP contribution < -0.4 is 4.74 Å². The molecule has 3 atom stereocenters. The Labute approximate surface area is 106 Å². The summed E-state index contributed by atoms with van der Waals surface area (Å²) in [6, 6.07) is 4.17. The van der Waals surface area contributed by atoms with Crippen LogP contribution >= 0.6 is 0 Å². The van der Waals surface area contributed by atoms with Crippen LogP contribution in [0.4, 0.5) is 0 Å². The van der Waals surface area contributed by atoms with Gasteiger partial charge in [-0.05, 0) is 37.8 Å². The molecule has 94 valence electrons. The number of Topliss-reactive ketones (excluding diaryl/α,β-unsaturated/α-hetero) is 1. The molecule has 3 aliphatic rings. The van der Waals surface area contributed by atoms with Crippen molar-refractivity contribution in [1.29, 1.82) is 0 Å². The van der Waals surface area contributed by atoms with Crippen LogP contribution in [0.5, 0.6) is 5.75 Å². The smallest absolute Gasteiger partial charge is 0.181 e. The second-order valence-corrected chi connectivity index (χ2v) is 5.76. The van der Waals surface area contributed by atoms with Gasteiger partial charge < -0.3 is 9.47 Å². The molecule has 0 spiro atoms. The van der Waals surface area contributed by atoms with Crippen LogP contribution in [0.3, 0.4) is 0 Å². The number of ether oxygens (including phenoxy) is 2. The van der Waals surface area contributed by atoms with E-state index < -0.39 is 5.60 Å². The number of ketones is 1. The number of rotatable bonds is 0. The largest absolute Gasteiger partial charge is 0.493 e. The molecule has 2 aliphatic heterocycles. The Morgan fingerprint density at radius 3 is 2.94 bits per heavy atom. The summed E-state index contributed by atoms with van der Waals surface area (Å²) >= 11 is 0. The Morgan fingerprint density at radius 1 is 1.33 bits per heavy atom. The minimum absolute atomic E-state index is 0.105. The molecule has 2 heterocycles. The molecule has 1 saturated heterocycles. The number of aryl methyl sites for hydroxylation is 2. The van der Waals surface area contributed by atoms with Crippen molar-refractivity contribution in [2.24, 2.45) is 5.92 Å². The van der Waals surface area contributed by atoms with E-state index in [2.05, 4.69) is 19.1 Å². The molecule has 3 heteroatoms. The first-order chi connectivity index (χ1) is 8.63. The Bertz CT molecular complexity index is 563. The maximum Gasteiger partial charge on any atom is 0.181 e. The van der Waals surface area contributed by atoms with Gasteiger partial charge in [-0.3, -0.25) is 4.79 Å². The number of epoxide rings is 1. The molecule has 0 aromatic heterocycles. The van der Waals surface area contributed by atoms with Crippen molar-refractivity contribution in [2.45, 2.75) is 38.4 Å². The van der Waals surface area contributed by atoms with Gasteiger partial charge in [0.05, 0.1) is 6.61 Å². The minimum Gasteiger partial charge on any atom is -0.493 e. The molecule has 2 fully saturated rings. The van der Waals surface area contributed by atoms with E-state index in [1.54, 1.807) is 0 Å². The molecule has 1 aromatic carbocycles. The number of benzene rings is 1. The summed E-state index contributed by atoms with van der Waals surface area (Å²) in [5, 5.41) is 0. The summed E-state index contributed by atoms with van der Waals surface area (Å²) < 4.78 is 11.7. The summed E-state index contributed by atoms with van der Waals surface area (Å²) in [5.74, 6) is 1.47. The van der Waals surface area contributed by atoms with Crippen molar-refractivity contribution in [3.8, 4) is 5.75 Å². The third kappa shape index (κ3) is 1.11. The highest BCUT2D eigenvalue weighted by Gasteiger charge is 2.72. The molecule has 2 bridgehead atoms. The fourth-order valence-electron chi connectivity index (χ4n) is 3.67. The fourth-order valence-corrected chi connectivity index (χ4v) is 3.67. The van der Waals surface area contributed by atoms with Gasteiger partial charge in [0.1, 0.15) is 11.9 Å². The molecule has 0 radical (unpaired) electrons. The van der Waals surface area contributed by atoms with Crippen molar-refractivity contribution in [3.05, 3.63) is 28.8 Å². The van der Waals surface area contributed by atoms with Crippen LogP contribution in [0.25, 0.3) is 0 Å². The first-order valence-electron chi connectivity index (χ1n) is 6.58. The highest BCUT2D eigenvalue weighted by atomic mass is 16.6. The molecule has 1 aromatic rings. The lowest BCUT2D eigenvalue weighted by Crippen LogP contribution is -2.21. The molecule has 3 nitrogen and oxygen atoms in total. The van der Waals surface area contributed by atoms with E-state index >= 15 is 0 Å². The molecule has 0 N–H and O–H groups in total. The summed E-state index contributed by atoms with van der Waals surface area (Å²) in [6.07, 6.45) is 1.68. The topological polar surface area (TPSA) is 38.8 Å². The number of fused-ring (bicyclic) bond motifs is 1. The molecular weight excluding hydrogens is 228 g/mol. The summed E-state index contributed by atoms with van der Waals surface area (Å²) in [5.41, 5.74) is 2.58. The van der Waals surface area contributed by atoms with Gasteiger partial charge in [-0.2, -0.15) is 0 Å². The Kier molecular flexibility index (Phi) is 1.85. The van der Waals surface area contributed by atoms with Gasteiger partial charge >= 0.3 is 0 Å². The molecule has 0 amide bonds. The first-order valence-corrected chi connectivity index (χ1v) is 6.58. The summed E-state index contributed by atoms with van der Waals surface area (Å²) in [6.45, 7) is 4.78. The van der Waals surface area contributed by atoms with Crippen molar-refractivity contribution in [2.75, 3.05) is 6.61 Å². The highest BCUT2D eigenvalue weighted by Crippen LogP contribution is 2.61. The summed E-state index contributed by atoms with van der Waals surface area (Å²) in [7, 11) is 0. The van der Waals surface area contributed by atoms with Gasteiger partial charge in [0, 0.05) is 12.0 Å². The lowest BCUT2D eigenvalue weighted by atomic mass is 9.90. The van der Waals surface area contributed by atoms with E-state index in [1.807, 2.05) is 6.92 Å². The van der Waals surface area contributed by atoms with Crippen LogP contribution in [0, 0.1) is 19.8 Å². The molecule has 1 aliphatic carbocycles. The quantitative estimate of drug-likeness (QED) is 0.657. The average molecular weight is 244 g/mol. The first kappa shape index (κ1) is 10.6. The van der Waals surface area contributed by atoms with Crippen LogP contribution in [0.2, 0.25) is 0 Å². The Morgan fingerprint density at radius 2 is 2.17 bits per heavy atom. The molecular formula is C15H16O3. The normalized spacial score (nSPS) is 36.2. The predicted octanol–water partition coefficient (Wildman–Crippen LogP) is 2.27. The van der Waals surface area contributed by atoms with Crippen molar-refractivity contribution < 1.29 is 14.3 Å². The Hall–Kier alpha value is -1.35. The SMILES string of the molecule is Cc1cc(C)c2c(c1)[C@@]13O[C@@H]1[C@@H](CCO2)CC3=O. The monoisotopic (exact) mass is 244 g/mol. The van der Waals surface area contributed by atoms with Crippen molar-refractivity contribution in [3.63, 3.8) is 0 Å².